The fraction of sp³-hybridized carbons (Fsp3) is 0.522. The second kappa shape index (κ2) is 9.10. The maximum absolute atomic E-state index is 12.4. The molecule has 1 aromatic heterocycles. The summed E-state index contributed by atoms with van der Waals surface area (Å²) in [6, 6.07) is 10.9. The van der Waals surface area contributed by atoms with Crippen molar-refractivity contribution in [3.8, 4) is 0 Å². The third-order valence-electron chi connectivity index (χ3n) is 5.90. The minimum Gasteiger partial charge on any atom is -0.369 e. The molecule has 0 bridgehead atoms. The zero-order chi connectivity index (χ0) is 19.3. The summed E-state index contributed by atoms with van der Waals surface area (Å²) < 4.78 is 0. The molecule has 0 radical (unpaired) electrons. The van der Waals surface area contributed by atoms with Crippen LogP contribution in [0, 0.1) is 6.92 Å². The van der Waals surface area contributed by atoms with E-state index in [4.69, 9.17) is 0 Å². The fourth-order valence-corrected chi connectivity index (χ4v) is 5.42. The standard InChI is InChI=1S/C23H31N3OS/c1-18-6-4-8-20(16-18)26-14-12-25(13-15-26)11-5-10-24-23(27)22-17-19-7-2-3-9-21(19)28-22/h4,6,8,16-17H,2-3,5,7,9-15H2,1H3,(H,24,27). The second-order valence-corrected chi connectivity index (χ2v) is 9.18. The first-order valence-corrected chi connectivity index (χ1v) is 11.4. The first-order valence-electron chi connectivity index (χ1n) is 10.6. The number of thiophene rings is 1. The van der Waals surface area contributed by atoms with Crippen molar-refractivity contribution in [3.63, 3.8) is 0 Å². The van der Waals surface area contributed by atoms with Crippen LogP contribution in [0.15, 0.2) is 30.3 Å². The van der Waals surface area contributed by atoms with Gasteiger partial charge in [0.1, 0.15) is 0 Å². The van der Waals surface area contributed by atoms with Crippen molar-refractivity contribution in [1.29, 1.82) is 0 Å². The molecular weight excluding hydrogens is 366 g/mol. The van der Waals surface area contributed by atoms with E-state index in [0.29, 0.717) is 0 Å². The first kappa shape index (κ1) is 19.5. The van der Waals surface area contributed by atoms with Gasteiger partial charge in [0, 0.05) is 43.3 Å². The highest BCUT2D eigenvalue weighted by Crippen LogP contribution is 2.29. The number of nitrogens with one attached hydrogen (secondary N) is 1. The van der Waals surface area contributed by atoms with Gasteiger partial charge >= 0.3 is 0 Å². The maximum atomic E-state index is 12.4. The van der Waals surface area contributed by atoms with Gasteiger partial charge < -0.3 is 10.2 Å². The van der Waals surface area contributed by atoms with Crippen molar-refractivity contribution in [2.45, 2.75) is 39.0 Å². The third kappa shape index (κ3) is 4.76. The molecule has 1 fully saturated rings. The molecule has 4 rings (SSSR count). The Bertz CT molecular complexity index is 784. The Morgan fingerprint density at radius 2 is 1.93 bits per heavy atom. The molecule has 2 heterocycles. The topological polar surface area (TPSA) is 35.6 Å². The van der Waals surface area contributed by atoms with Gasteiger partial charge in [0.05, 0.1) is 4.88 Å². The molecule has 0 atom stereocenters. The number of anilines is 1. The average Bonchev–Trinajstić information content (AvgIpc) is 3.16. The predicted octanol–water partition coefficient (Wildman–Crippen LogP) is 3.88. The van der Waals surface area contributed by atoms with Gasteiger partial charge in [0.2, 0.25) is 0 Å². The Hall–Kier alpha value is -1.85. The lowest BCUT2D eigenvalue weighted by Gasteiger charge is -2.36. The summed E-state index contributed by atoms with van der Waals surface area (Å²) in [6.07, 6.45) is 5.85. The molecule has 4 nitrogen and oxygen atoms in total. The van der Waals surface area contributed by atoms with Crippen LogP contribution < -0.4 is 10.2 Å². The Balaban J connectivity index is 1.16. The number of amides is 1. The molecule has 150 valence electrons. The molecule has 2 aromatic rings. The van der Waals surface area contributed by atoms with Crippen molar-refractivity contribution < 1.29 is 4.79 Å². The molecule has 0 saturated carbocycles. The normalized spacial score (nSPS) is 17.4. The van der Waals surface area contributed by atoms with Gasteiger partial charge in [0.15, 0.2) is 0 Å². The van der Waals surface area contributed by atoms with E-state index in [1.807, 2.05) is 0 Å². The molecule has 1 N–H and O–H groups in total. The highest BCUT2D eigenvalue weighted by Gasteiger charge is 2.18. The van der Waals surface area contributed by atoms with Crippen molar-refractivity contribution in [2.24, 2.45) is 0 Å². The van der Waals surface area contributed by atoms with Crippen LogP contribution in [0.4, 0.5) is 5.69 Å². The maximum Gasteiger partial charge on any atom is 0.261 e. The Labute approximate surface area is 172 Å². The van der Waals surface area contributed by atoms with Crippen LogP contribution in [0.3, 0.4) is 0 Å². The molecule has 1 aromatic carbocycles. The Morgan fingerprint density at radius 3 is 2.71 bits per heavy atom. The van der Waals surface area contributed by atoms with Crippen molar-refractivity contribution in [3.05, 3.63) is 51.2 Å². The first-order chi connectivity index (χ1) is 13.7. The Morgan fingerprint density at radius 1 is 1.11 bits per heavy atom. The number of carbonyl (C=O) groups excluding carboxylic acids is 1. The lowest BCUT2D eigenvalue weighted by molar-refractivity contribution is 0.0955. The summed E-state index contributed by atoms with van der Waals surface area (Å²) in [5.74, 6) is 0.115. The summed E-state index contributed by atoms with van der Waals surface area (Å²) in [4.78, 5) is 19.7. The molecule has 1 aliphatic heterocycles. The van der Waals surface area contributed by atoms with Crippen LogP contribution in [-0.2, 0) is 12.8 Å². The number of rotatable bonds is 6. The number of carbonyl (C=O) groups is 1. The molecule has 2 aliphatic rings. The summed E-state index contributed by atoms with van der Waals surface area (Å²) in [7, 11) is 0. The third-order valence-corrected chi connectivity index (χ3v) is 7.13. The molecule has 1 amide bonds. The summed E-state index contributed by atoms with van der Waals surface area (Å²) in [5.41, 5.74) is 4.07. The van der Waals surface area contributed by atoms with E-state index < -0.39 is 0 Å². The number of nitrogens with zero attached hydrogens (tertiary/aromatic N) is 2. The quantitative estimate of drug-likeness (QED) is 0.752. The second-order valence-electron chi connectivity index (χ2n) is 8.04. The smallest absolute Gasteiger partial charge is 0.261 e. The van der Waals surface area contributed by atoms with Crippen LogP contribution >= 0.6 is 11.3 Å². The van der Waals surface area contributed by atoms with Crippen LogP contribution in [0.25, 0.3) is 0 Å². The average molecular weight is 398 g/mol. The molecule has 0 unspecified atom stereocenters. The lowest BCUT2D eigenvalue weighted by Crippen LogP contribution is -2.47. The summed E-state index contributed by atoms with van der Waals surface area (Å²) in [6.45, 7) is 8.33. The zero-order valence-electron chi connectivity index (χ0n) is 16.9. The monoisotopic (exact) mass is 397 g/mol. The van der Waals surface area contributed by atoms with Gasteiger partial charge in [-0.25, -0.2) is 0 Å². The summed E-state index contributed by atoms with van der Waals surface area (Å²) in [5, 5.41) is 3.12. The molecule has 5 heteroatoms. The van der Waals surface area contributed by atoms with Crippen LogP contribution in [0.5, 0.6) is 0 Å². The Kier molecular flexibility index (Phi) is 6.33. The van der Waals surface area contributed by atoms with Gasteiger partial charge in [-0.2, -0.15) is 0 Å². The highest BCUT2D eigenvalue weighted by atomic mass is 32.1. The van der Waals surface area contributed by atoms with Gasteiger partial charge in [-0.3, -0.25) is 9.69 Å². The zero-order valence-corrected chi connectivity index (χ0v) is 17.7. The van der Waals surface area contributed by atoms with E-state index >= 15 is 0 Å². The van der Waals surface area contributed by atoms with Crippen molar-refractivity contribution in [1.82, 2.24) is 10.2 Å². The molecule has 1 saturated heterocycles. The summed E-state index contributed by atoms with van der Waals surface area (Å²) >= 11 is 1.70. The number of aryl methyl sites for hydroxylation is 3. The van der Waals surface area contributed by atoms with Crippen LogP contribution in [-0.4, -0.2) is 50.1 Å². The SMILES string of the molecule is Cc1cccc(N2CCN(CCCNC(=O)c3cc4c(s3)CCCC4)CC2)c1. The van der Waals surface area contributed by atoms with Gasteiger partial charge in [-0.05, 0) is 74.9 Å². The minimum atomic E-state index is 0.115. The number of fused-ring (bicyclic) bond motifs is 1. The molecule has 0 spiro atoms. The number of hydrogen-bond acceptors (Lipinski definition) is 4. The predicted molar refractivity (Wildman–Crippen MR) is 118 cm³/mol. The minimum absolute atomic E-state index is 0.115. The van der Waals surface area contributed by atoms with Crippen molar-refractivity contribution in [2.75, 3.05) is 44.2 Å². The highest BCUT2D eigenvalue weighted by molar-refractivity contribution is 7.14. The van der Waals surface area contributed by atoms with Gasteiger partial charge in [-0.15, -0.1) is 11.3 Å². The largest absolute Gasteiger partial charge is 0.369 e. The van der Waals surface area contributed by atoms with Crippen LogP contribution in [0.1, 0.15) is 44.9 Å². The van der Waals surface area contributed by atoms with E-state index in [1.165, 1.54) is 34.5 Å². The van der Waals surface area contributed by atoms with E-state index in [0.717, 1.165) is 63.4 Å². The van der Waals surface area contributed by atoms with E-state index in [9.17, 15) is 4.79 Å². The fourth-order valence-electron chi connectivity index (χ4n) is 4.25. The van der Waals surface area contributed by atoms with Crippen LogP contribution in [0.2, 0.25) is 0 Å². The van der Waals surface area contributed by atoms with Crippen molar-refractivity contribution >= 4 is 22.9 Å². The van der Waals surface area contributed by atoms with Gasteiger partial charge in [-0.1, -0.05) is 12.1 Å². The molecule has 1 aliphatic carbocycles. The van der Waals surface area contributed by atoms with E-state index in [2.05, 4.69) is 52.4 Å². The van der Waals surface area contributed by atoms with E-state index in [1.54, 1.807) is 11.3 Å². The van der Waals surface area contributed by atoms with Gasteiger partial charge in [0.25, 0.3) is 5.91 Å². The molecular formula is C23H31N3OS. The van der Waals surface area contributed by atoms with E-state index in [-0.39, 0.29) is 5.91 Å². The number of hydrogen-bond donors (Lipinski definition) is 1. The molecule has 28 heavy (non-hydrogen) atoms. The lowest BCUT2D eigenvalue weighted by atomic mass is 9.99. The number of benzene rings is 1. The number of piperazine rings is 1.